The van der Waals surface area contributed by atoms with Gasteiger partial charge in [0, 0.05) is 0 Å². The van der Waals surface area contributed by atoms with Crippen molar-refractivity contribution in [1.29, 1.82) is 0 Å². The molecule has 2 atom stereocenters. The molecule has 1 aromatic carbocycles. The Morgan fingerprint density at radius 3 is 2.88 bits per heavy atom. The molecule has 0 aromatic heterocycles. The first-order chi connectivity index (χ1) is 8.16. The monoisotopic (exact) mass is 231 g/mol. The van der Waals surface area contributed by atoms with Gasteiger partial charge in [-0.05, 0) is 63.2 Å². The van der Waals surface area contributed by atoms with Crippen molar-refractivity contribution in [3.63, 3.8) is 0 Å². The lowest BCUT2D eigenvalue weighted by molar-refractivity contribution is 0.0626. The average Bonchev–Trinajstić information content (AvgIpc) is 2.80. The normalized spacial score (nSPS) is 30.7. The topological polar surface area (TPSA) is 21.3 Å². The van der Waals surface area contributed by atoms with Crippen LogP contribution < -0.4 is 10.1 Å². The maximum Gasteiger partial charge on any atom is 0.123 e. The molecule has 2 heteroatoms. The summed E-state index contributed by atoms with van der Waals surface area (Å²) >= 11 is 0. The van der Waals surface area contributed by atoms with Crippen molar-refractivity contribution >= 4 is 0 Å². The van der Waals surface area contributed by atoms with Crippen molar-refractivity contribution in [2.45, 2.75) is 38.2 Å². The number of nitrogens with one attached hydrogen (secondary N) is 1. The zero-order chi connectivity index (χ0) is 11.9. The zero-order valence-corrected chi connectivity index (χ0v) is 10.7. The van der Waals surface area contributed by atoms with Gasteiger partial charge in [-0.2, -0.15) is 0 Å². The van der Waals surface area contributed by atoms with Crippen molar-refractivity contribution in [2.75, 3.05) is 13.1 Å². The lowest BCUT2D eigenvalue weighted by Crippen LogP contribution is -2.37. The van der Waals surface area contributed by atoms with Crippen LogP contribution in [-0.2, 0) is 0 Å². The average molecular weight is 231 g/mol. The van der Waals surface area contributed by atoms with Gasteiger partial charge < -0.3 is 10.1 Å². The number of hydrogen-bond acceptors (Lipinski definition) is 2. The fourth-order valence-corrected chi connectivity index (χ4v) is 3.30. The molecule has 92 valence electrons. The van der Waals surface area contributed by atoms with Crippen LogP contribution in [0.15, 0.2) is 24.3 Å². The lowest BCUT2D eigenvalue weighted by Gasteiger charge is -2.39. The van der Waals surface area contributed by atoms with E-state index in [2.05, 4.69) is 43.4 Å². The first-order valence-corrected chi connectivity index (χ1v) is 6.64. The molecule has 2 nitrogen and oxygen atoms in total. The lowest BCUT2D eigenvalue weighted by atomic mass is 9.76. The second kappa shape index (κ2) is 4.02. The highest BCUT2D eigenvalue weighted by atomic mass is 16.5. The minimum absolute atomic E-state index is 0.0262. The van der Waals surface area contributed by atoms with E-state index in [1.54, 1.807) is 0 Å². The molecule has 2 aliphatic rings. The number of fused-ring (bicyclic) bond motifs is 1. The van der Waals surface area contributed by atoms with Crippen LogP contribution in [0.25, 0.3) is 0 Å². The highest BCUT2D eigenvalue weighted by Crippen LogP contribution is 2.45. The van der Waals surface area contributed by atoms with E-state index >= 15 is 0 Å². The van der Waals surface area contributed by atoms with Crippen molar-refractivity contribution in [3.8, 4) is 5.75 Å². The highest BCUT2D eigenvalue weighted by molar-refractivity contribution is 5.39. The van der Waals surface area contributed by atoms with Crippen molar-refractivity contribution in [1.82, 2.24) is 5.32 Å². The highest BCUT2D eigenvalue weighted by Gasteiger charge is 2.38. The fraction of sp³-hybridized carbons (Fsp3) is 0.600. The molecule has 0 saturated carbocycles. The minimum atomic E-state index is -0.0262. The van der Waals surface area contributed by atoms with E-state index in [1.165, 1.54) is 18.5 Å². The van der Waals surface area contributed by atoms with E-state index in [4.69, 9.17) is 4.74 Å². The second-order valence-corrected chi connectivity index (χ2v) is 5.96. The van der Waals surface area contributed by atoms with Gasteiger partial charge in [0.25, 0.3) is 0 Å². The van der Waals surface area contributed by atoms with Gasteiger partial charge in [0.1, 0.15) is 11.4 Å². The Labute approximate surface area is 103 Å². The first kappa shape index (κ1) is 11.1. The predicted octanol–water partition coefficient (Wildman–Crippen LogP) is 2.94. The van der Waals surface area contributed by atoms with E-state index in [1.807, 2.05) is 0 Å². The molecule has 2 unspecified atom stereocenters. The quantitative estimate of drug-likeness (QED) is 0.802. The van der Waals surface area contributed by atoms with Gasteiger partial charge in [0.05, 0.1) is 0 Å². The van der Waals surface area contributed by atoms with Gasteiger partial charge in [-0.25, -0.2) is 0 Å². The summed E-state index contributed by atoms with van der Waals surface area (Å²) < 4.78 is 6.09. The van der Waals surface area contributed by atoms with Gasteiger partial charge in [-0.15, -0.1) is 0 Å². The van der Waals surface area contributed by atoms with Gasteiger partial charge in [-0.1, -0.05) is 18.2 Å². The molecule has 0 bridgehead atoms. The number of para-hydroxylation sites is 1. The predicted molar refractivity (Wildman–Crippen MR) is 69.5 cm³/mol. The van der Waals surface area contributed by atoms with Gasteiger partial charge in [-0.3, -0.25) is 0 Å². The number of ether oxygens (including phenoxy) is 1. The summed E-state index contributed by atoms with van der Waals surface area (Å²) in [5.74, 6) is 2.53. The van der Waals surface area contributed by atoms with E-state index in [0.29, 0.717) is 5.92 Å². The third-order valence-electron chi connectivity index (χ3n) is 4.08. The van der Waals surface area contributed by atoms with Crippen LogP contribution in [0.1, 0.15) is 38.2 Å². The van der Waals surface area contributed by atoms with Crippen LogP contribution >= 0.6 is 0 Å². The smallest absolute Gasteiger partial charge is 0.123 e. The summed E-state index contributed by atoms with van der Waals surface area (Å²) in [7, 11) is 0. The molecule has 1 aromatic rings. The van der Waals surface area contributed by atoms with Crippen molar-refractivity contribution < 1.29 is 4.74 Å². The van der Waals surface area contributed by atoms with Gasteiger partial charge >= 0.3 is 0 Å². The number of hydrogen-bond donors (Lipinski definition) is 1. The summed E-state index contributed by atoms with van der Waals surface area (Å²) in [5, 5.41) is 3.49. The largest absolute Gasteiger partial charge is 0.488 e. The summed E-state index contributed by atoms with van der Waals surface area (Å²) in [6.07, 6.45) is 2.44. The van der Waals surface area contributed by atoms with Gasteiger partial charge in [0.15, 0.2) is 0 Å². The van der Waals surface area contributed by atoms with Gasteiger partial charge in [0.2, 0.25) is 0 Å². The zero-order valence-electron chi connectivity index (χ0n) is 10.7. The maximum absolute atomic E-state index is 6.09. The summed E-state index contributed by atoms with van der Waals surface area (Å²) in [6, 6.07) is 8.57. The molecule has 2 aliphatic heterocycles. The van der Waals surface area contributed by atoms with E-state index in [-0.39, 0.29) is 5.60 Å². The molecular weight excluding hydrogens is 210 g/mol. The molecule has 0 amide bonds. The Bertz CT molecular complexity index is 407. The first-order valence-electron chi connectivity index (χ1n) is 6.64. The number of rotatable bonds is 1. The SMILES string of the molecule is CC1(C)CC(C2CCNC2)c2ccccc2O1. The van der Waals surface area contributed by atoms with Crippen molar-refractivity contribution in [3.05, 3.63) is 29.8 Å². The molecule has 17 heavy (non-hydrogen) atoms. The molecule has 1 fully saturated rings. The summed E-state index contributed by atoms with van der Waals surface area (Å²) in [5.41, 5.74) is 1.39. The van der Waals surface area contributed by atoms with Crippen LogP contribution in [0, 0.1) is 5.92 Å². The summed E-state index contributed by atoms with van der Waals surface area (Å²) in [6.45, 7) is 6.75. The van der Waals surface area contributed by atoms with Crippen LogP contribution in [0.3, 0.4) is 0 Å². The Morgan fingerprint density at radius 1 is 1.29 bits per heavy atom. The van der Waals surface area contributed by atoms with E-state index < -0.39 is 0 Å². The molecule has 2 heterocycles. The van der Waals surface area contributed by atoms with Crippen molar-refractivity contribution in [2.24, 2.45) is 5.92 Å². The standard InChI is InChI=1S/C15H21NO/c1-15(2)9-13(11-7-8-16-10-11)12-5-3-4-6-14(12)17-15/h3-6,11,13,16H,7-10H2,1-2H3. The molecular formula is C15H21NO. The van der Waals surface area contributed by atoms with Crippen LogP contribution in [0.4, 0.5) is 0 Å². The van der Waals surface area contributed by atoms with E-state index in [0.717, 1.165) is 24.6 Å². The summed E-state index contributed by atoms with van der Waals surface area (Å²) in [4.78, 5) is 0. The Hall–Kier alpha value is -1.02. The molecule has 3 rings (SSSR count). The fourth-order valence-electron chi connectivity index (χ4n) is 3.30. The Morgan fingerprint density at radius 2 is 2.12 bits per heavy atom. The van der Waals surface area contributed by atoms with Crippen LogP contribution in [0.2, 0.25) is 0 Å². The van der Waals surface area contributed by atoms with E-state index in [9.17, 15) is 0 Å². The molecule has 0 radical (unpaired) electrons. The van der Waals surface area contributed by atoms with Crippen LogP contribution in [0.5, 0.6) is 5.75 Å². The Kier molecular flexibility index (Phi) is 2.62. The third-order valence-corrected chi connectivity index (χ3v) is 4.08. The molecule has 0 aliphatic carbocycles. The third kappa shape index (κ3) is 2.06. The Balaban J connectivity index is 1.97. The second-order valence-electron chi connectivity index (χ2n) is 5.96. The number of benzene rings is 1. The minimum Gasteiger partial charge on any atom is -0.488 e. The molecule has 1 N–H and O–H groups in total. The maximum atomic E-state index is 6.09. The molecule has 1 saturated heterocycles. The molecule has 0 spiro atoms. The van der Waals surface area contributed by atoms with Crippen LogP contribution in [-0.4, -0.2) is 18.7 Å².